The molecule has 0 saturated heterocycles. The Hall–Kier alpha value is -1.62. The van der Waals surface area contributed by atoms with Crippen LogP contribution in [-0.2, 0) is 6.54 Å². The monoisotopic (exact) mass is 249 g/mol. The van der Waals surface area contributed by atoms with Crippen LogP contribution in [0.1, 0.15) is 28.7 Å². The van der Waals surface area contributed by atoms with Crippen molar-refractivity contribution in [2.75, 3.05) is 5.32 Å². The second kappa shape index (κ2) is 5.14. The summed E-state index contributed by atoms with van der Waals surface area (Å²) in [5.41, 5.74) is 0.917. The molecule has 5 heteroatoms. The van der Waals surface area contributed by atoms with Gasteiger partial charge in [0.1, 0.15) is 5.82 Å². The van der Waals surface area contributed by atoms with Crippen LogP contribution in [0.4, 0.5) is 5.82 Å². The number of thiophene rings is 1. The number of aromatic nitrogens is 2. The smallest absolute Gasteiger partial charge is 0.266 e. The zero-order valence-corrected chi connectivity index (χ0v) is 10.8. The fourth-order valence-electron chi connectivity index (χ4n) is 1.61. The van der Waals surface area contributed by atoms with E-state index >= 15 is 0 Å². The molecule has 1 amide bonds. The zero-order valence-electron chi connectivity index (χ0n) is 9.93. The molecular weight excluding hydrogens is 234 g/mol. The van der Waals surface area contributed by atoms with E-state index in [0.29, 0.717) is 4.88 Å². The van der Waals surface area contributed by atoms with E-state index in [2.05, 4.69) is 17.3 Å². The second-order valence-corrected chi connectivity index (χ2v) is 4.77. The number of hydrogen-bond acceptors (Lipinski definition) is 3. The first-order valence-corrected chi connectivity index (χ1v) is 6.48. The summed E-state index contributed by atoms with van der Waals surface area (Å²) in [6.45, 7) is 4.82. The van der Waals surface area contributed by atoms with Crippen LogP contribution in [-0.4, -0.2) is 15.7 Å². The lowest BCUT2D eigenvalue weighted by atomic mass is 10.4. The lowest BCUT2D eigenvalue weighted by Crippen LogP contribution is -2.14. The fraction of sp³-hybridized carbons (Fsp3) is 0.333. The van der Waals surface area contributed by atoms with Crippen molar-refractivity contribution in [1.29, 1.82) is 0 Å². The summed E-state index contributed by atoms with van der Waals surface area (Å²) in [6, 6.07) is 5.57. The van der Waals surface area contributed by atoms with Crippen LogP contribution < -0.4 is 5.32 Å². The molecule has 0 aliphatic rings. The molecule has 2 rings (SSSR count). The molecule has 0 radical (unpaired) electrons. The molecule has 0 aliphatic carbocycles. The third-order valence-corrected chi connectivity index (χ3v) is 3.19. The molecule has 0 aromatic carbocycles. The zero-order chi connectivity index (χ0) is 12.3. The molecule has 2 heterocycles. The SMILES string of the molecule is CCCn1nc(C)cc1NC(=O)c1cccs1. The van der Waals surface area contributed by atoms with Gasteiger partial charge in [0.2, 0.25) is 0 Å². The van der Waals surface area contributed by atoms with Gasteiger partial charge in [-0.05, 0) is 24.8 Å². The van der Waals surface area contributed by atoms with Crippen molar-refractivity contribution in [3.63, 3.8) is 0 Å². The van der Waals surface area contributed by atoms with Crippen molar-refractivity contribution in [1.82, 2.24) is 9.78 Å². The van der Waals surface area contributed by atoms with E-state index in [1.165, 1.54) is 11.3 Å². The maximum Gasteiger partial charge on any atom is 0.266 e. The Labute approximate surface area is 104 Å². The van der Waals surface area contributed by atoms with Gasteiger partial charge in [-0.25, -0.2) is 4.68 Å². The van der Waals surface area contributed by atoms with Gasteiger partial charge < -0.3 is 5.32 Å². The van der Waals surface area contributed by atoms with E-state index in [1.54, 1.807) is 0 Å². The standard InChI is InChI=1S/C12H15N3OS/c1-3-6-15-11(8-9(2)14-15)13-12(16)10-5-4-7-17-10/h4-5,7-8H,3,6H2,1-2H3,(H,13,16). The number of rotatable bonds is 4. The molecule has 0 aliphatic heterocycles. The normalized spacial score (nSPS) is 10.5. The maximum atomic E-state index is 11.9. The van der Waals surface area contributed by atoms with E-state index in [4.69, 9.17) is 0 Å². The molecule has 2 aromatic heterocycles. The summed E-state index contributed by atoms with van der Waals surface area (Å²) in [5, 5.41) is 9.12. The topological polar surface area (TPSA) is 46.9 Å². The quantitative estimate of drug-likeness (QED) is 0.905. The van der Waals surface area contributed by atoms with Crippen LogP contribution in [0, 0.1) is 6.92 Å². The lowest BCUT2D eigenvalue weighted by molar-refractivity contribution is 0.102. The highest BCUT2D eigenvalue weighted by Crippen LogP contribution is 2.15. The van der Waals surface area contributed by atoms with Crippen molar-refractivity contribution in [2.24, 2.45) is 0 Å². The van der Waals surface area contributed by atoms with Crippen molar-refractivity contribution >= 4 is 23.1 Å². The molecular formula is C12H15N3OS. The van der Waals surface area contributed by atoms with Gasteiger partial charge in [0.05, 0.1) is 10.6 Å². The van der Waals surface area contributed by atoms with Crippen LogP contribution in [0.15, 0.2) is 23.6 Å². The van der Waals surface area contributed by atoms with Crippen molar-refractivity contribution in [3.05, 3.63) is 34.2 Å². The summed E-state index contributed by atoms with van der Waals surface area (Å²) in [4.78, 5) is 12.6. The summed E-state index contributed by atoms with van der Waals surface area (Å²) in [7, 11) is 0. The minimum atomic E-state index is -0.0720. The molecule has 4 nitrogen and oxygen atoms in total. The molecule has 0 bridgehead atoms. The Morgan fingerprint density at radius 1 is 1.59 bits per heavy atom. The molecule has 17 heavy (non-hydrogen) atoms. The first-order valence-electron chi connectivity index (χ1n) is 5.60. The van der Waals surface area contributed by atoms with E-state index in [9.17, 15) is 4.79 Å². The number of carbonyl (C=O) groups excluding carboxylic acids is 1. The number of carbonyl (C=O) groups is 1. The van der Waals surface area contributed by atoms with Gasteiger partial charge in [0, 0.05) is 12.6 Å². The summed E-state index contributed by atoms with van der Waals surface area (Å²) in [5.74, 6) is 0.694. The predicted octanol–water partition coefficient (Wildman–Crippen LogP) is 2.92. The maximum absolute atomic E-state index is 11.9. The van der Waals surface area contributed by atoms with Crippen LogP contribution in [0.5, 0.6) is 0 Å². The highest BCUT2D eigenvalue weighted by Gasteiger charge is 2.11. The second-order valence-electron chi connectivity index (χ2n) is 3.83. The summed E-state index contributed by atoms with van der Waals surface area (Å²) >= 11 is 1.43. The fourth-order valence-corrected chi connectivity index (χ4v) is 2.23. The number of hydrogen-bond donors (Lipinski definition) is 1. The van der Waals surface area contributed by atoms with Gasteiger partial charge in [-0.1, -0.05) is 13.0 Å². The Bertz CT molecular complexity index is 502. The van der Waals surface area contributed by atoms with Crippen molar-refractivity contribution < 1.29 is 4.79 Å². The molecule has 1 N–H and O–H groups in total. The third-order valence-electron chi connectivity index (χ3n) is 2.32. The van der Waals surface area contributed by atoms with Crippen LogP contribution in [0.25, 0.3) is 0 Å². The Morgan fingerprint density at radius 2 is 2.41 bits per heavy atom. The first kappa shape index (κ1) is 11.9. The van der Waals surface area contributed by atoms with Crippen molar-refractivity contribution in [2.45, 2.75) is 26.8 Å². The Balaban J connectivity index is 2.15. The first-order chi connectivity index (χ1) is 8.20. The molecule has 0 atom stereocenters. The predicted molar refractivity (Wildman–Crippen MR) is 69.5 cm³/mol. The van der Waals surface area contributed by atoms with E-state index in [-0.39, 0.29) is 5.91 Å². The van der Waals surface area contributed by atoms with Gasteiger partial charge in [0.25, 0.3) is 5.91 Å². The minimum Gasteiger partial charge on any atom is -0.306 e. The van der Waals surface area contributed by atoms with Crippen LogP contribution >= 0.6 is 11.3 Å². The van der Waals surface area contributed by atoms with E-state index in [1.807, 2.05) is 35.2 Å². The molecule has 2 aromatic rings. The molecule has 0 spiro atoms. The number of aryl methyl sites for hydroxylation is 2. The highest BCUT2D eigenvalue weighted by atomic mass is 32.1. The van der Waals surface area contributed by atoms with Gasteiger partial charge in [0.15, 0.2) is 0 Å². The summed E-state index contributed by atoms with van der Waals surface area (Å²) in [6.07, 6.45) is 0.989. The minimum absolute atomic E-state index is 0.0720. The van der Waals surface area contributed by atoms with Crippen LogP contribution in [0.3, 0.4) is 0 Å². The summed E-state index contributed by atoms with van der Waals surface area (Å²) < 4.78 is 1.83. The number of nitrogens with one attached hydrogen (secondary N) is 1. The van der Waals surface area contributed by atoms with E-state index in [0.717, 1.165) is 24.5 Å². The largest absolute Gasteiger partial charge is 0.306 e. The third kappa shape index (κ3) is 2.74. The lowest BCUT2D eigenvalue weighted by Gasteiger charge is -2.06. The van der Waals surface area contributed by atoms with Gasteiger partial charge >= 0.3 is 0 Å². The van der Waals surface area contributed by atoms with Crippen molar-refractivity contribution in [3.8, 4) is 0 Å². The average Bonchev–Trinajstić information content (AvgIpc) is 2.89. The molecule has 0 fully saturated rings. The number of amides is 1. The van der Waals surface area contributed by atoms with Gasteiger partial charge in [-0.15, -0.1) is 11.3 Å². The Kier molecular flexibility index (Phi) is 3.58. The number of nitrogens with zero attached hydrogens (tertiary/aromatic N) is 2. The number of anilines is 1. The molecule has 0 unspecified atom stereocenters. The Morgan fingerprint density at radius 3 is 3.06 bits per heavy atom. The van der Waals surface area contributed by atoms with E-state index < -0.39 is 0 Å². The molecule has 0 saturated carbocycles. The molecule has 90 valence electrons. The highest BCUT2D eigenvalue weighted by molar-refractivity contribution is 7.12. The average molecular weight is 249 g/mol. The van der Waals surface area contributed by atoms with Gasteiger partial charge in [-0.2, -0.15) is 5.10 Å². The van der Waals surface area contributed by atoms with Gasteiger partial charge in [-0.3, -0.25) is 4.79 Å². The van der Waals surface area contributed by atoms with Crippen LogP contribution in [0.2, 0.25) is 0 Å².